The molecule has 134 valence electrons. The summed E-state index contributed by atoms with van der Waals surface area (Å²) in [6.45, 7) is 5.17. The van der Waals surface area contributed by atoms with Gasteiger partial charge in [0.2, 0.25) is 5.91 Å². The van der Waals surface area contributed by atoms with E-state index in [4.69, 9.17) is 4.74 Å². The van der Waals surface area contributed by atoms with Gasteiger partial charge in [-0.3, -0.25) is 14.5 Å². The van der Waals surface area contributed by atoms with E-state index in [1.807, 2.05) is 31.2 Å². The Morgan fingerprint density at radius 1 is 1.36 bits per heavy atom. The van der Waals surface area contributed by atoms with Crippen molar-refractivity contribution in [2.24, 2.45) is 5.92 Å². The molecule has 4 amide bonds. The lowest BCUT2D eigenvalue weighted by atomic mass is 9.91. The molecule has 2 unspecified atom stereocenters. The number of rotatable bonds is 5. The van der Waals surface area contributed by atoms with E-state index >= 15 is 0 Å². The Morgan fingerprint density at radius 2 is 2.08 bits per heavy atom. The number of amides is 4. The van der Waals surface area contributed by atoms with Crippen molar-refractivity contribution in [2.45, 2.75) is 25.8 Å². The maximum atomic E-state index is 12.8. The fraction of sp³-hybridized carbons (Fsp3) is 0.500. The van der Waals surface area contributed by atoms with Crippen LogP contribution in [-0.2, 0) is 19.9 Å². The molecule has 0 bridgehead atoms. The van der Waals surface area contributed by atoms with Crippen molar-refractivity contribution in [2.75, 3.05) is 26.3 Å². The lowest BCUT2D eigenvalue weighted by molar-refractivity contribution is -0.134. The predicted molar refractivity (Wildman–Crippen MR) is 90.7 cm³/mol. The molecule has 0 aromatic heterocycles. The number of benzene rings is 1. The van der Waals surface area contributed by atoms with Gasteiger partial charge in [-0.15, -0.1) is 0 Å². The fourth-order valence-corrected chi connectivity index (χ4v) is 3.13. The number of urea groups is 1. The van der Waals surface area contributed by atoms with Crippen LogP contribution in [-0.4, -0.2) is 49.0 Å². The van der Waals surface area contributed by atoms with Crippen LogP contribution in [0.15, 0.2) is 24.3 Å². The molecule has 7 heteroatoms. The second-order valence-electron chi connectivity index (χ2n) is 6.85. The molecular weight excluding hydrogens is 322 g/mol. The molecule has 2 aliphatic heterocycles. The molecule has 3 rings (SSSR count). The van der Waals surface area contributed by atoms with Crippen LogP contribution in [0.2, 0.25) is 0 Å². The van der Waals surface area contributed by atoms with Crippen LogP contribution in [0.5, 0.6) is 0 Å². The summed E-state index contributed by atoms with van der Waals surface area (Å²) in [5.74, 6) is -0.464. The van der Waals surface area contributed by atoms with Crippen molar-refractivity contribution >= 4 is 17.8 Å². The quantitative estimate of drug-likeness (QED) is 0.777. The van der Waals surface area contributed by atoms with E-state index in [2.05, 4.69) is 10.6 Å². The molecule has 7 nitrogen and oxygen atoms in total. The number of nitrogens with zero attached hydrogens (tertiary/aromatic N) is 1. The first kappa shape index (κ1) is 17.4. The van der Waals surface area contributed by atoms with Gasteiger partial charge in [0.1, 0.15) is 12.1 Å². The molecule has 2 atom stereocenters. The van der Waals surface area contributed by atoms with Gasteiger partial charge < -0.3 is 15.4 Å². The van der Waals surface area contributed by atoms with Crippen LogP contribution in [0, 0.1) is 12.8 Å². The zero-order valence-electron chi connectivity index (χ0n) is 14.5. The fourth-order valence-electron chi connectivity index (χ4n) is 3.13. The van der Waals surface area contributed by atoms with Gasteiger partial charge >= 0.3 is 6.03 Å². The Hall–Kier alpha value is -2.41. The monoisotopic (exact) mass is 345 g/mol. The Labute approximate surface area is 146 Å². The molecule has 25 heavy (non-hydrogen) atoms. The highest BCUT2D eigenvalue weighted by Crippen LogP contribution is 2.28. The van der Waals surface area contributed by atoms with Crippen molar-refractivity contribution in [1.29, 1.82) is 0 Å². The molecule has 0 spiro atoms. The topological polar surface area (TPSA) is 87.7 Å². The SMILES string of the molecule is Cc1ccc(C2(C)NC(=O)N(CC(=O)NCC3CCOC3)C2=O)cc1. The van der Waals surface area contributed by atoms with Gasteiger partial charge in [-0.05, 0) is 25.8 Å². The molecular formula is C18H23N3O4. The van der Waals surface area contributed by atoms with Crippen LogP contribution in [0.3, 0.4) is 0 Å². The Kier molecular flexibility index (Phi) is 4.76. The normalized spacial score (nSPS) is 26.0. The van der Waals surface area contributed by atoms with Crippen LogP contribution in [0.25, 0.3) is 0 Å². The van der Waals surface area contributed by atoms with Crippen molar-refractivity contribution in [3.05, 3.63) is 35.4 Å². The van der Waals surface area contributed by atoms with Gasteiger partial charge in [0, 0.05) is 19.1 Å². The number of carbonyl (C=O) groups excluding carboxylic acids is 3. The van der Waals surface area contributed by atoms with Crippen molar-refractivity contribution in [1.82, 2.24) is 15.5 Å². The Bertz CT molecular complexity index is 682. The van der Waals surface area contributed by atoms with E-state index in [1.165, 1.54) is 0 Å². The Morgan fingerprint density at radius 3 is 2.72 bits per heavy atom. The van der Waals surface area contributed by atoms with Gasteiger partial charge in [-0.2, -0.15) is 0 Å². The van der Waals surface area contributed by atoms with Crippen LogP contribution < -0.4 is 10.6 Å². The van der Waals surface area contributed by atoms with Crippen LogP contribution >= 0.6 is 0 Å². The van der Waals surface area contributed by atoms with E-state index in [0.717, 1.165) is 16.9 Å². The van der Waals surface area contributed by atoms with Crippen molar-refractivity contribution < 1.29 is 19.1 Å². The summed E-state index contributed by atoms with van der Waals surface area (Å²) >= 11 is 0. The highest BCUT2D eigenvalue weighted by Gasteiger charge is 2.49. The van der Waals surface area contributed by atoms with Gasteiger partial charge in [-0.25, -0.2) is 4.79 Å². The Balaban J connectivity index is 1.64. The maximum absolute atomic E-state index is 12.8. The number of imide groups is 1. The summed E-state index contributed by atoms with van der Waals surface area (Å²) in [6.07, 6.45) is 0.912. The molecule has 2 saturated heterocycles. The average Bonchev–Trinajstić information content (AvgIpc) is 3.17. The van der Waals surface area contributed by atoms with E-state index in [9.17, 15) is 14.4 Å². The zero-order valence-corrected chi connectivity index (χ0v) is 14.5. The standard InChI is InChI=1S/C18H23N3O4/c1-12-3-5-14(6-4-12)18(2)16(23)21(17(24)20-18)10-15(22)19-9-13-7-8-25-11-13/h3-6,13H,7-11H2,1-2H3,(H,19,22)(H,20,24). The van der Waals surface area contributed by atoms with Gasteiger partial charge in [0.25, 0.3) is 5.91 Å². The number of hydrogen-bond acceptors (Lipinski definition) is 4. The lowest BCUT2D eigenvalue weighted by Crippen LogP contribution is -2.44. The largest absolute Gasteiger partial charge is 0.381 e. The summed E-state index contributed by atoms with van der Waals surface area (Å²) < 4.78 is 5.26. The first-order valence-electron chi connectivity index (χ1n) is 8.46. The molecule has 0 saturated carbocycles. The summed E-state index contributed by atoms with van der Waals surface area (Å²) in [5.41, 5.74) is 0.614. The minimum atomic E-state index is -1.15. The smallest absolute Gasteiger partial charge is 0.325 e. The first-order valence-corrected chi connectivity index (χ1v) is 8.46. The molecule has 2 N–H and O–H groups in total. The molecule has 2 fully saturated rings. The summed E-state index contributed by atoms with van der Waals surface area (Å²) in [6, 6.07) is 6.86. The van der Waals surface area contributed by atoms with E-state index in [0.29, 0.717) is 31.2 Å². The highest BCUT2D eigenvalue weighted by molar-refractivity contribution is 6.09. The number of aryl methyl sites for hydroxylation is 1. The molecule has 0 radical (unpaired) electrons. The second-order valence-corrected chi connectivity index (χ2v) is 6.85. The number of nitrogens with one attached hydrogen (secondary N) is 2. The minimum absolute atomic E-state index is 0.278. The second kappa shape index (κ2) is 6.84. The number of carbonyl (C=O) groups is 3. The van der Waals surface area contributed by atoms with E-state index in [1.54, 1.807) is 6.92 Å². The van der Waals surface area contributed by atoms with E-state index in [-0.39, 0.29) is 12.5 Å². The zero-order chi connectivity index (χ0) is 18.0. The maximum Gasteiger partial charge on any atom is 0.325 e. The van der Waals surface area contributed by atoms with E-state index < -0.39 is 17.5 Å². The van der Waals surface area contributed by atoms with Crippen molar-refractivity contribution in [3.8, 4) is 0 Å². The van der Waals surface area contributed by atoms with Gasteiger partial charge in [-0.1, -0.05) is 29.8 Å². The number of hydrogen-bond donors (Lipinski definition) is 2. The predicted octanol–water partition coefficient (Wildman–Crippen LogP) is 0.915. The molecule has 1 aromatic carbocycles. The third-order valence-electron chi connectivity index (χ3n) is 4.82. The summed E-state index contributed by atoms with van der Waals surface area (Å²) in [7, 11) is 0. The summed E-state index contributed by atoms with van der Waals surface area (Å²) in [5, 5.41) is 5.48. The van der Waals surface area contributed by atoms with Crippen molar-refractivity contribution in [3.63, 3.8) is 0 Å². The average molecular weight is 345 g/mol. The highest BCUT2D eigenvalue weighted by atomic mass is 16.5. The van der Waals surface area contributed by atoms with Gasteiger partial charge in [0.15, 0.2) is 0 Å². The third kappa shape index (κ3) is 3.51. The molecule has 0 aliphatic carbocycles. The third-order valence-corrected chi connectivity index (χ3v) is 4.82. The molecule has 2 heterocycles. The minimum Gasteiger partial charge on any atom is -0.381 e. The molecule has 1 aromatic rings. The molecule has 2 aliphatic rings. The summed E-state index contributed by atoms with van der Waals surface area (Å²) in [4.78, 5) is 38.1. The lowest BCUT2D eigenvalue weighted by Gasteiger charge is -2.22. The van der Waals surface area contributed by atoms with Crippen LogP contribution in [0.4, 0.5) is 4.79 Å². The van der Waals surface area contributed by atoms with Crippen LogP contribution in [0.1, 0.15) is 24.5 Å². The number of ether oxygens (including phenoxy) is 1. The first-order chi connectivity index (χ1) is 11.9. The van der Waals surface area contributed by atoms with Gasteiger partial charge in [0.05, 0.1) is 6.61 Å².